The van der Waals surface area contributed by atoms with Crippen molar-refractivity contribution >= 4 is 29.0 Å². The van der Waals surface area contributed by atoms with Gasteiger partial charge in [-0.2, -0.15) is 0 Å². The maximum absolute atomic E-state index is 13.5. The average molecular weight is 715 g/mol. The Morgan fingerprint density at radius 1 is 0.887 bits per heavy atom. The molecule has 1 aromatic heterocycles. The number of rotatable bonds is 13. The number of carboxylic acid groups (broad SMARTS) is 1. The molecule has 2 N–H and O–H groups in total. The minimum atomic E-state index is -1.11. The zero-order valence-electron chi connectivity index (χ0n) is 31.0. The van der Waals surface area contributed by atoms with Gasteiger partial charge in [0.2, 0.25) is 5.91 Å². The molecule has 1 saturated carbocycles. The van der Waals surface area contributed by atoms with Gasteiger partial charge in [-0.05, 0) is 115 Å². The molecule has 2 amide bonds. The van der Waals surface area contributed by atoms with Crippen LogP contribution in [-0.2, 0) is 22.6 Å². The van der Waals surface area contributed by atoms with Gasteiger partial charge in [-0.15, -0.1) is 0 Å². The van der Waals surface area contributed by atoms with Gasteiger partial charge in [-0.25, -0.2) is 9.97 Å². The molecular formula is C44H50N4O5. The van der Waals surface area contributed by atoms with Crippen LogP contribution in [0.15, 0.2) is 85.2 Å². The molecule has 2 aliphatic rings. The number of carbonyl (C=O) groups is 3. The summed E-state index contributed by atoms with van der Waals surface area (Å²) >= 11 is 0. The second-order valence-corrected chi connectivity index (χ2v) is 14.6. The number of nitrogens with zero attached hydrogens (tertiary/aromatic N) is 3. The van der Waals surface area contributed by atoms with Crippen LogP contribution in [0.5, 0.6) is 5.75 Å². The molecule has 0 spiro atoms. The highest BCUT2D eigenvalue weighted by Crippen LogP contribution is 2.41. The second-order valence-electron chi connectivity index (χ2n) is 14.6. The van der Waals surface area contributed by atoms with Crippen molar-refractivity contribution in [2.45, 2.75) is 78.2 Å². The van der Waals surface area contributed by atoms with E-state index in [0.717, 1.165) is 64.2 Å². The third kappa shape index (κ3) is 9.77. The number of anilines is 1. The number of allylic oxidation sites excluding steroid dienone is 2. The second kappa shape index (κ2) is 17.5. The van der Waals surface area contributed by atoms with Crippen molar-refractivity contribution in [1.82, 2.24) is 14.9 Å². The predicted molar refractivity (Wildman–Crippen MR) is 207 cm³/mol. The Labute approximate surface area is 312 Å². The van der Waals surface area contributed by atoms with Crippen LogP contribution < -0.4 is 10.1 Å². The highest BCUT2D eigenvalue weighted by molar-refractivity contribution is 5.97. The van der Waals surface area contributed by atoms with Gasteiger partial charge < -0.3 is 20.1 Å². The molecule has 0 radical (unpaired) electrons. The lowest BCUT2D eigenvalue weighted by atomic mass is 9.71. The number of nitrogens with one attached hydrogen (secondary N) is 1. The Morgan fingerprint density at radius 2 is 1.60 bits per heavy atom. The van der Waals surface area contributed by atoms with Crippen LogP contribution in [0.2, 0.25) is 0 Å². The van der Waals surface area contributed by atoms with Crippen LogP contribution in [0.4, 0.5) is 5.69 Å². The number of methoxy groups -OCH3 is 1. The van der Waals surface area contributed by atoms with Crippen LogP contribution in [0.3, 0.4) is 0 Å². The van der Waals surface area contributed by atoms with E-state index in [9.17, 15) is 19.5 Å². The number of carbonyl (C=O) groups excluding carboxylic acids is 2. The van der Waals surface area contributed by atoms with Gasteiger partial charge in [0.25, 0.3) is 5.91 Å². The largest absolute Gasteiger partial charge is 0.497 e. The molecule has 0 bridgehead atoms. The van der Waals surface area contributed by atoms with Gasteiger partial charge in [0.05, 0.1) is 13.5 Å². The number of hydrogen-bond acceptors (Lipinski definition) is 6. The number of hydrogen-bond donors (Lipinski definition) is 2. The van der Waals surface area contributed by atoms with Gasteiger partial charge in [-0.1, -0.05) is 62.6 Å². The summed E-state index contributed by atoms with van der Waals surface area (Å²) < 4.78 is 5.24. The summed E-state index contributed by atoms with van der Waals surface area (Å²) in [7, 11) is 1.60. The molecule has 3 aromatic carbocycles. The lowest BCUT2D eigenvalue weighted by Gasteiger charge is -2.35. The van der Waals surface area contributed by atoms with Crippen molar-refractivity contribution in [2.24, 2.45) is 17.8 Å². The quantitative estimate of drug-likeness (QED) is 0.142. The number of benzene rings is 3. The van der Waals surface area contributed by atoms with Crippen molar-refractivity contribution in [3.63, 3.8) is 0 Å². The number of aryl methyl sites for hydroxylation is 1. The van der Waals surface area contributed by atoms with E-state index in [2.05, 4.69) is 28.3 Å². The average Bonchev–Trinajstić information content (AvgIpc) is 3.19. The number of amides is 2. The highest BCUT2D eigenvalue weighted by atomic mass is 16.5. The Kier molecular flexibility index (Phi) is 12.3. The third-order valence-corrected chi connectivity index (χ3v) is 11.1. The summed E-state index contributed by atoms with van der Waals surface area (Å²) in [6.07, 6.45) is 16.8. The first kappa shape index (κ1) is 37.4. The SMILES string of the molecule is CCC1CCC(C2CC=C(c3cnc(-c4ccc(CN(CC(=O)O)C(=O)c5ccc(NC(=O)Cc6ccc(OC)cc6C)cc5)cc4)nc3)CC2)CC1. The lowest BCUT2D eigenvalue weighted by Crippen LogP contribution is -2.35. The van der Waals surface area contributed by atoms with Crippen LogP contribution in [0.25, 0.3) is 17.0 Å². The van der Waals surface area contributed by atoms with E-state index in [1.54, 1.807) is 31.4 Å². The van der Waals surface area contributed by atoms with Gasteiger partial charge in [0, 0.05) is 41.3 Å². The minimum Gasteiger partial charge on any atom is -0.497 e. The summed E-state index contributed by atoms with van der Waals surface area (Å²) in [5.41, 5.74) is 6.75. The summed E-state index contributed by atoms with van der Waals surface area (Å²) in [4.78, 5) is 48.6. The molecule has 1 fully saturated rings. The first-order chi connectivity index (χ1) is 25.7. The molecule has 53 heavy (non-hydrogen) atoms. The number of aliphatic carboxylic acids is 1. The zero-order chi connectivity index (χ0) is 37.3. The Balaban J connectivity index is 1.03. The van der Waals surface area contributed by atoms with Crippen LogP contribution in [-0.4, -0.2) is 51.4 Å². The fourth-order valence-electron chi connectivity index (χ4n) is 7.85. The number of ether oxygens (including phenoxy) is 1. The molecule has 2 aliphatic carbocycles. The molecular weight excluding hydrogens is 665 g/mol. The van der Waals surface area contributed by atoms with Crippen molar-refractivity contribution in [3.8, 4) is 17.1 Å². The zero-order valence-corrected chi connectivity index (χ0v) is 31.0. The Hall–Kier alpha value is -5.31. The molecule has 0 saturated heterocycles. The monoisotopic (exact) mass is 714 g/mol. The van der Waals surface area contributed by atoms with Crippen molar-refractivity contribution in [3.05, 3.63) is 113 Å². The Morgan fingerprint density at radius 3 is 2.21 bits per heavy atom. The topological polar surface area (TPSA) is 122 Å². The van der Waals surface area contributed by atoms with Gasteiger partial charge in [0.15, 0.2) is 5.82 Å². The van der Waals surface area contributed by atoms with E-state index in [1.165, 1.54) is 49.0 Å². The van der Waals surface area contributed by atoms with Crippen molar-refractivity contribution in [2.75, 3.05) is 19.0 Å². The smallest absolute Gasteiger partial charge is 0.323 e. The van der Waals surface area contributed by atoms with Crippen molar-refractivity contribution in [1.29, 1.82) is 0 Å². The molecule has 0 aliphatic heterocycles. The van der Waals surface area contributed by atoms with Crippen LogP contribution in [0, 0.1) is 24.7 Å². The van der Waals surface area contributed by atoms with E-state index < -0.39 is 18.4 Å². The highest BCUT2D eigenvalue weighted by Gasteiger charge is 2.28. The summed E-state index contributed by atoms with van der Waals surface area (Å²) in [6.45, 7) is 3.91. The summed E-state index contributed by atoms with van der Waals surface area (Å²) in [5.74, 6) is 2.24. The molecule has 1 heterocycles. The van der Waals surface area contributed by atoms with Gasteiger partial charge in [-0.3, -0.25) is 14.4 Å². The van der Waals surface area contributed by atoms with E-state index in [-0.39, 0.29) is 18.9 Å². The number of carboxylic acids is 1. The molecule has 9 nitrogen and oxygen atoms in total. The summed E-state index contributed by atoms with van der Waals surface area (Å²) in [6, 6.07) is 19.6. The molecule has 1 unspecified atom stereocenters. The predicted octanol–water partition coefficient (Wildman–Crippen LogP) is 8.77. The normalized spacial score (nSPS) is 18.5. The first-order valence-corrected chi connectivity index (χ1v) is 18.8. The maximum Gasteiger partial charge on any atom is 0.323 e. The van der Waals surface area contributed by atoms with Crippen LogP contribution >= 0.6 is 0 Å². The Bertz CT molecular complexity index is 1910. The summed E-state index contributed by atoms with van der Waals surface area (Å²) in [5, 5.41) is 12.5. The standard InChI is InChI=1S/C44H50N4O5/c1-4-30-5-9-32(10-6-30)33-13-15-34(16-14-33)38-25-45-43(46-26-38)35-11-7-31(8-12-35)27-48(28-42(50)51)44(52)36-17-20-39(21-18-36)47-41(49)24-37-19-22-40(53-3)23-29(37)2/h7-8,11-12,15,17-23,25-26,30,32-33H,4-6,9-10,13-14,16,24,27-28H2,1-3H3,(H,47,49)(H,50,51). The minimum absolute atomic E-state index is 0.111. The first-order valence-electron chi connectivity index (χ1n) is 18.8. The molecule has 4 aromatic rings. The third-order valence-electron chi connectivity index (χ3n) is 11.1. The molecule has 9 heteroatoms. The van der Waals surface area contributed by atoms with E-state index in [0.29, 0.717) is 17.1 Å². The van der Waals surface area contributed by atoms with E-state index in [1.807, 2.05) is 61.8 Å². The van der Waals surface area contributed by atoms with Gasteiger partial charge in [0.1, 0.15) is 12.3 Å². The lowest BCUT2D eigenvalue weighted by molar-refractivity contribution is -0.137. The fraction of sp³-hybridized carbons (Fsp3) is 0.386. The number of aromatic nitrogens is 2. The van der Waals surface area contributed by atoms with E-state index >= 15 is 0 Å². The molecule has 6 rings (SSSR count). The van der Waals surface area contributed by atoms with Gasteiger partial charge >= 0.3 is 5.97 Å². The molecule has 276 valence electrons. The fourth-order valence-corrected chi connectivity index (χ4v) is 7.85. The maximum atomic E-state index is 13.5. The van der Waals surface area contributed by atoms with E-state index in [4.69, 9.17) is 4.74 Å². The van der Waals surface area contributed by atoms with Crippen molar-refractivity contribution < 1.29 is 24.2 Å². The van der Waals surface area contributed by atoms with Crippen LogP contribution in [0.1, 0.15) is 90.9 Å². The molecule has 1 atom stereocenters.